The summed E-state index contributed by atoms with van der Waals surface area (Å²) in [5.74, 6) is -0.0281. The minimum atomic E-state index is -4.34. The molecule has 0 bridgehead atoms. The summed E-state index contributed by atoms with van der Waals surface area (Å²) >= 11 is 0. The van der Waals surface area contributed by atoms with Crippen molar-refractivity contribution in [2.75, 3.05) is 20.2 Å². The minimum absolute atomic E-state index is 0.0281. The van der Waals surface area contributed by atoms with Gasteiger partial charge in [-0.3, -0.25) is 0 Å². The zero-order chi connectivity index (χ0) is 13.4. The first kappa shape index (κ1) is 14.5. The number of aromatic nitrogens is 1. The first-order valence-corrected chi connectivity index (χ1v) is 5.48. The van der Waals surface area contributed by atoms with E-state index in [2.05, 4.69) is 15.0 Å². The van der Waals surface area contributed by atoms with E-state index < -0.39 is 12.8 Å². The molecule has 1 N–H and O–H groups in total. The lowest BCUT2D eigenvalue weighted by atomic mass is 10.2. The van der Waals surface area contributed by atoms with Gasteiger partial charge in [-0.2, -0.15) is 13.2 Å². The lowest BCUT2D eigenvalue weighted by Crippen LogP contribution is -2.19. The Morgan fingerprint density at radius 3 is 2.72 bits per heavy atom. The van der Waals surface area contributed by atoms with Crippen LogP contribution >= 0.6 is 0 Å². The van der Waals surface area contributed by atoms with E-state index in [1.54, 1.807) is 6.07 Å². The molecule has 0 saturated heterocycles. The molecule has 0 aliphatic carbocycles. The van der Waals surface area contributed by atoms with Crippen LogP contribution in [-0.4, -0.2) is 31.4 Å². The maximum atomic E-state index is 11.9. The van der Waals surface area contributed by atoms with E-state index >= 15 is 0 Å². The second-order valence-corrected chi connectivity index (χ2v) is 3.63. The fourth-order valence-corrected chi connectivity index (χ4v) is 1.18. The van der Waals surface area contributed by atoms with Crippen LogP contribution in [0, 0.1) is 0 Å². The normalized spacial score (nSPS) is 12.0. The Morgan fingerprint density at radius 1 is 1.39 bits per heavy atom. The first-order valence-electron chi connectivity index (χ1n) is 5.48. The van der Waals surface area contributed by atoms with E-state index in [1.165, 1.54) is 12.3 Å². The number of nitrogens with one attached hydrogen (secondary N) is 1. The van der Waals surface area contributed by atoms with E-state index in [1.807, 2.05) is 19.2 Å². The van der Waals surface area contributed by atoms with Crippen LogP contribution in [0.3, 0.4) is 0 Å². The third kappa shape index (κ3) is 6.24. The standard InChI is InChI=1S/C12H15F3N2O/c1-16-7-3-2-4-10-5-6-11(17-8-10)18-9-12(13,14)15/h2,4-6,8,16H,3,7,9H2,1H3. The van der Waals surface area contributed by atoms with Gasteiger partial charge in [0.05, 0.1) is 0 Å². The first-order chi connectivity index (χ1) is 8.51. The van der Waals surface area contributed by atoms with E-state index in [0.29, 0.717) is 0 Å². The Kier molecular flexibility index (Phi) is 5.64. The molecule has 0 saturated carbocycles. The summed E-state index contributed by atoms with van der Waals surface area (Å²) in [6.45, 7) is -0.450. The van der Waals surface area contributed by atoms with Gasteiger partial charge < -0.3 is 10.1 Å². The van der Waals surface area contributed by atoms with Gasteiger partial charge in [0.15, 0.2) is 6.61 Å². The molecule has 0 radical (unpaired) electrons. The van der Waals surface area contributed by atoms with Gasteiger partial charge in [-0.05, 0) is 31.6 Å². The zero-order valence-corrected chi connectivity index (χ0v) is 10.00. The molecule has 0 aromatic carbocycles. The summed E-state index contributed by atoms with van der Waals surface area (Å²) < 4.78 is 40.2. The van der Waals surface area contributed by atoms with Gasteiger partial charge in [0.25, 0.3) is 0 Å². The third-order valence-corrected chi connectivity index (χ3v) is 2.01. The molecule has 6 heteroatoms. The molecule has 0 unspecified atom stereocenters. The average molecular weight is 260 g/mol. The Labute approximate surface area is 104 Å². The van der Waals surface area contributed by atoms with Crippen LogP contribution in [0.25, 0.3) is 6.08 Å². The van der Waals surface area contributed by atoms with E-state index in [0.717, 1.165) is 18.5 Å². The van der Waals surface area contributed by atoms with Crippen molar-refractivity contribution in [3.05, 3.63) is 30.0 Å². The molecule has 1 aromatic rings. The largest absolute Gasteiger partial charge is 0.468 e. The third-order valence-electron chi connectivity index (χ3n) is 2.01. The molecule has 0 spiro atoms. The second-order valence-electron chi connectivity index (χ2n) is 3.63. The van der Waals surface area contributed by atoms with Crippen molar-refractivity contribution in [3.63, 3.8) is 0 Å². The minimum Gasteiger partial charge on any atom is -0.468 e. The molecule has 0 fully saturated rings. The van der Waals surface area contributed by atoms with Gasteiger partial charge in [-0.1, -0.05) is 12.2 Å². The maximum Gasteiger partial charge on any atom is 0.422 e. The van der Waals surface area contributed by atoms with Crippen LogP contribution in [-0.2, 0) is 0 Å². The van der Waals surface area contributed by atoms with Crippen molar-refractivity contribution in [1.82, 2.24) is 10.3 Å². The van der Waals surface area contributed by atoms with Gasteiger partial charge in [0.2, 0.25) is 5.88 Å². The number of pyridine rings is 1. The van der Waals surface area contributed by atoms with Crippen molar-refractivity contribution in [2.45, 2.75) is 12.6 Å². The summed E-state index contributed by atoms with van der Waals surface area (Å²) in [6, 6.07) is 3.08. The van der Waals surface area contributed by atoms with Crippen LogP contribution < -0.4 is 10.1 Å². The molecule has 0 aliphatic rings. The Bertz CT molecular complexity index is 374. The van der Waals surface area contributed by atoms with Crippen LogP contribution in [0.5, 0.6) is 5.88 Å². The molecule has 1 rings (SSSR count). The lowest BCUT2D eigenvalue weighted by molar-refractivity contribution is -0.154. The topological polar surface area (TPSA) is 34.1 Å². The molecule has 100 valence electrons. The van der Waals surface area contributed by atoms with Gasteiger partial charge >= 0.3 is 6.18 Å². The Balaban J connectivity index is 2.45. The molecular formula is C12H15F3N2O. The molecule has 3 nitrogen and oxygen atoms in total. The number of rotatable bonds is 6. The Hall–Kier alpha value is -1.56. The van der Waals surface area contributed by atoms with E-state index in [4.69, 9.17) is 0 Å². The van der Waals surface area contributed by atoms with Gasteiger partial charge in [-0.15, -0.1) is 0 Å². The Morgan fingerprint density at radius 2 is 2.17 bits per heavy atom. The molecule has 1 heterocycles. The molecule has 18 heavy (non-hydrogen) atoms. The highest BCUT2D eigenvalue weighted by molar-refractivity contribution is 5.48. The molecule has 0 atom stereocenters. The summed E-state index contributed by atoms with van der Waals surface area (Å²) in [7, 11) is 1.86. The van der Waals surface area contributed by atoms with Gasteiger partial charge in [0.1, 0.15) is 0 Å². The smallest absolute Gasteiger partial charge is 0.422 e. The lowest BCUT2D eigenvalue weighted by Gasteiger charge is -2.07. The number of ether oxygens (including phenoxy) is 1. The average Bonchev–Trinajstić information content (AvgIpc) is 2.33. The van der Waals surface area contributed by atoms with Crippen LogP contribution in [0.1, 0.15) is 12.0 Å². The highest BCUT2D eigenvalue weighted by Gasteiger charge is 2.28. The second kappa shape index (κ2) is 7.00. The summed E-state index contributed by atoms with van der Waals surface area (Å²) in [6.07, 6.45) is 1.83. The maximum absolute atomic E-state index is 11.9. The number of alkyl halides is 3. The van der Waals surface area contributed by atoms with Crippen molar-refractivity contribution in [2.24, 2.45) is 0 Å². The van der Waals surface area contributed by atoms with E-state index in [9.17, 15) is 13.2 Å². The van der Waals surface area contributed by atoms with Gasteiger partial charge in [-0.25, -0.2) is 4.98 Å². The predicted octanol–water partition coefficient (Wildman–Crippen LogP) is 2.65. The highest BCUT2D eigenvalue weighted by Crippen LogP contribution is 2.17. The van der Waals surface area contributed by atoms with Crippen LogP contribution in [0.2, 0.25) is 0 Å². The summed E-state index contributed by atoms with van der Waals surface area (Å²) in [5.41, 5.74) is 0.825. The van der Waals surface area contributed by atoms with Crippen molar-refractivity contribution in [3.8, 4) is 5.88 Å². The number of hydrogen-bond donors (Lipinski definition) is 1. The quantitative estimate of drug-likeness (QED) is 0.798. The highest BCUT2D eigenvalue weighted by atomic mass is 19.4. The van der Waals surface area contributed by atoms with Crippen molar-refractivity contribution in [1.29, 1.82) is 0 Å². The SMILES string of the molecule is CNCCC=Cc1ccc(OCC(F)(F)F)nc1. The molecule has 1 aromatic heterocycles. The van der Waals surface area contributed by atoms with E-state index in [-0.39, 0.29) is 5.88 Å². The van der Waals surface area contributed by atoms with Crippen molar-refractivity contribution >= 4 is 6.08 Å². The zero-order valence-electron chi connectivity index (χ0n) is 10.00. The van der Waals surface area contributed by atoms with Crippen LogP contribution in [0.4, 0.5) is 13.2 Å². The fraction of sp³-hybridized carbons (Fsp3) is 0.417. The molecule has 0 aliphatic heterocycles. The number of nitrogens with zero attached hydrogens (tertiary/aromatic N) is 1. The monoisotopic (exact) mass is 260 g/mol. The predicted molar refractivity (Wildman–Crippen MR) is 63.4 cm³/mol. The molecular weight excluding hydrogens is 245 g/mol. The summed E-state index contributed by atoms with van der Waals surface area (Å²) in [4.78, 5) is 3.79. The fourth-order valence-electron chi connectivity index (χ4n) is 1.18. The van der Waals surface area contributed by atoms with Gasteiger partial charge in [0, 0.05) is 12.3 Å². The number of halogens is 3. The molecule has 0 amide bonds. The summed E-state index contributed by atoms with van der Waals surface area (Å²) in [5, 5.41) is 3.00. The van der Waals surface area contributed by atoms with Crippen LogP contribution in [0.15, 0.2) is 24.4 Å². The van der Waals surface area contributed by atoms with Crippen molar-refractivity contribution < 1.29 is 17.9 Å². The number of hydrogen-bond acceptors (Lipinski definition) is 3.